The van der Waals surface area contributed by atoms with Crippen LogP contribution < -0.4 is 4.57 Å². The summed E-state index contributed by atoms with van der Waals surface area (Å²) in [5.74, 6) is -1.66. The number of aromatic nitrogens is 1. The van der Waals surface area contributed by atoms with Crippen LogP contribution in [0.15, 0.2) is 5.51 Å². The van der Waals surface area contributed by atoms with Crippen LogP contribution in [0.5, 0.6) is 0 Å². The summed E-state index contributed by atoms with van der Waals surface area (Å²) in [7, 11) is 0. The molecule has 25 heavy (non-hydrogen) atoms. The summed E-state index contributed by atoms with van der Waals surface area (Å²) < 4.78 is 23.6. The Bertz CT molecular complexity index is 671. The van der Waals surface area contributed by atoms with Crippen LogP contribution in [0.1, 0.15) is 37.6 Å². The number of rotatable bonds is 4. The fourth-order valence-electron chi connectivity index (χ4n) is 2.69. The van der Waals surface area contributed by atoms with E-state index in [0.717, 1.165) is 10.6 Å². The molecular formula is C16H22NO7S+. The molecule has 1 aromatic heterocycles. The van der Waals surface area contributed by atoms with Crippen LogP contribution in [-0.2, 0) is 33.3 Å². The van der Waals surface area contributed by atoms with E-state index in [1.807, 2.05) is 23.9 Å². The molecule has 1 aliphatic heterocycles. The van der Waals surface area contributed by atoms with Gasteiger partial charge in [0.25, 0.3) is 0 Å². The van der Waals surface area contributed by atoms with Crippen molar-refractivity contribution in [1.82, 2.24) is 0 Å². The molecule has 1 saturated heterocycles. The summed E-state index contributed by atoms with van der Waals surface area (Å²) in [6, 6.07) is 0. The van der Waals surface area contributed by atoms with Crippen LogP contribution in [0.25, 0.3) is 0 Å². The normalized spacial score (nSPS) is 26.0. The maximum absolute atomic E-state index is 11.6. The Balaban J connectivity index is 2.40. The lowest BCUT2D eigenvalue weighted by Gasteiger charge is -2.37. The number of carbonyl (C=O) groups excluding carboxylic acids is 3. The first-order chi connectivity index (χ1) is 11.7. The first-order valence-electron chi connectivity index (χ1n) is 7.79. The van der Waals surface area contributed by atoms with Crippen molar-refractivity contribution in [2.24, 2.45) is 0 Å². The Hall–Kier alpha value is -2.00. The number of thiazole rings is 1. The predicted octanol–water partition coefficient (Wildman–Crippen LogP) is 0.976. The Kier molecular flexibility index (Phi) is 6.12. The minimum absolute atomic E-state index is 0.0152. The van der Waals surface area contributed by atoms with Gasteiger partial charge in [0, 0.05) is 27.7 Å². The molecule has 1 aliphatic rings. The topological polar surface area (TPSA) is 92.0 Å². The zero-order valence-corrected chi connectivity index (χ0v) is 15.6. The van der Waals surface area contributed by atoms with E-state index in [4.69, 9.17) is 18.9 Å². The fourth-order valence-corrected chi connectivity index (χ4v) is 3.52. The molecule has 0 aliphatic carbocycles. The zero-order chi connectivity index (χ0) is 18.7. The second-order valence-corrected chi connectivity index (χ2v) is 6.85. The predicted molar refractivity (Wildman–Crippen MR) is 85.6 cm³/mol. The quantitative estimate of drug-likeness (QED) is 0.442. The Morgan fingerprint density at radius 3 is 2.08 bits per heavy atom. The molecule has 0 unspecified atom stereocenters. The number of esters is 3. The van der Waals surface area contributed by atoms with Gasteiger partial charge in [0.05, 0.1) is 11.5 Å². The van der Waals surface area contributed by atoms with Crippen molar-refractivity contribution >= 4 is 29.2 Å². The van der Waals surface area contributed by atoms with Crippen molar-refractivity contribution < 1.29 is 37.9 Å². The Labute approximate surface area is 149 Å². The van der Waals surface area contributed by atoms with Gasteiger partial charge in [0.15, 0.2) is 17.9 Å². The van der Waals surface area contributed by atoms with E-state index in [-0.39, 0.29) is 6.61 Å². The summed E-state index contributed by atoms with van der Waals surface area (Å²) in [6.07, 6.45) is -3.46. The summed E-state index contributed by atoms with van der Waals surface area (Å²) in [5, 5.41) is 0. The molecule has 2 rings (SSSR count). The lowest BCUT2D eigenvalue weighted by molar-refractivity contribution is -0.775. The summed E-state index contributed by atoms with van der Waals surface area (Å²) >= 11 is 1.52. The first-order valence-corrected chi connectivity index (χ1v) is 8.67. The number of carbonyl (C=O) groups is 3. The highest BCUT2D eigenvalue weighted by atomic mass is 32.1. The fraction of sp³-hybridized carbons (Fsp3) is 0.625. The average molecular weight is 372 g/mol. The van der Waals surface area contributed by atoms with Crippen molar-refractivity contribution in [2.75, 3.05) is 6.61 Å². The minimum atomic E-state index is -0.962. The molecular weight excluding hydrogens is 350 g/mol. The van der Waals surface area contributed by atoms with Crippen LogP contribution >= 0.6 is 11.3 Å². The van der Waals surface area contributed by atoms with Crippen LogP contribution in [0.2, 0.25) is 0 Å². The van der Waals surface area contributed by atoms with Crippen molar-refractivity contribution in [3.8, 4) is 0 Å². The van der Waals surface area contributed by atoms with Gasteiger partial charge in [-0.05, 0) is 6.92 Å². The van der Waals surface area contributed by atoms with Gasteiger partial charge in [0.2, 0.25) is 11.6 Å². The molecule has 0 saturated carbocycles. The Morgan fingerprint density at radius 2 is 1.60 bits per heavy atom. The highest BCUT2D eigenvalue weighted by molar-refractivity contribution is 7.09. The number of nitrogens with zero attached hydrogens (tertiary/aromatic N) is 1. The molecule has 0 spiro atoms. The highest BCUT2D eigenvalue weighted by Crippen LogP contribution is 2.29. The molecule has 0 bridgehead atoms. The van der Waals surface area contributed by atoms with Crippen LogP contribution in [0.4, 0.5) is 0 Å². The van der Waals surface area contributed by atoms with Crippen LogP contribution in [0, 0.1) is 13.8 Å². The second-order valence-electron chi connectivity index (χ2n) is 5.79. The van der Waals surface area contributed by atoms with Gasteiger partial charge in [-0.3, -0.25) is 14.4 Å². The van der Waals surface area contributed by atoms with Crippen LogP contribution in [-0.4, -0.2) is 42.8 Å². The standard InChI is InChI=1S/C16H22NO7S/c1-8-9(2)25-7-17(8)16-15(24-12(5)20)14(23-11(4)19)13(6-21-16)22-10(3)18/h7,13-16H,6H2,1-5H3/q+1/t13-,14+,15-,16-/m1/s1. The van der Waals surface area contributed by atoms with Gasteiger partial charge >= 0.3 is 24.1 Å². The zero-order valence-electron chi connectivity index (χ0n) is 14.8. The number of ether oxygens (including phenoxy) is 4. The third-order valence-electron chi connectivity index (χ3n) is 3.84. The van der Waals surface area contributed by atoms with Gasteiger partial charge in [-0.15, -0.1) is 0 Å². The van der Waals surface area contributed by atoms with E-state index >= 15 is 0 Å². The first kappa shape index (κ1) is 19.3. The molecule has 138 valence electrons. The van der Waals surface area contributed by atoms with Crippen molar-refractivity contribution in [3.05, 3.63) is 16.1 Å². The van der Waals surface area contributed by atoms with Gasteiger partial charge in [-0.1, -0.05) is 11.3 Å². The van der Waals surface area contributed by atoms with Crippen molar-refractivity contribution in [1.29, 1.82) is 0 Å². The SMILES string of the molecule is CC(=O)O[C@@H]1[C@@H](OC(C)=O)[C@H](OC(C)=O)CO[C@H]1[n+]1csc(C)c1C. The molecule has 2 heterocycles. The van der Waals surface area contributed by atoms with E-state index < -0.39 is 42.4 Å². The van der Waals surface area contributed by atoms with Gasteiger partial charge in [0.1, 0.15) is 0 Å². The lowest BCUT2D eigenvalue weighted by Crippen LogP contribution is -2.62. The van der Waals surface area contributed by atoms with E-state index in [1.165, 1.54) is 32.1 Å². The minimum Gasteiger partial charge on any atom is -0.456 e. The van der Waals surface area contributed by atoms with E-state index in [2.05, 4.69) is 0 Å². The van der Waals surface area contributed by atoms with Gasteiger partial charge in [-0.25, -0.2) is 0 Å². The van der Waals surface area contributed by atoms with E-state index in [0.29, 0.717) is 0 Å². The maximum Gasteiger partial charge on any atom is 0.305 e. The molecule has 1 aromatic rings. The monoisotopic (exact) mass is 372 g/mol. The summed E-state index contributed by atoms with van der Waals surface area (Å²) in [4.78, 5) is 35.6. The average Bonchev–Trinajstić information content (AvgIpc) is 2.81. The Morgan fingerprint density at radius 1 is 1.04 bits per heavy atom. The molecule has 9 heteroatoms. The third kappa shape index (κ3) is 4.55. The molecule has 0 N–H and O–H groups in total. The van der Waals surface area contributed by atoms with E-state index in [9.17, 15) is 14.4 Å². The maximum atomic E-state index is 11.6. The van der Waals surface area contributed by atoms with Crippen molar-refractivity contribution in [3.63, 3.8) is 0 Å². The molecule has 0 amide bonds. The number of aryl methyl sites for hydroxylation is 1. The third-order valence-corrected chi connectivity index (χ3v) is 4.82. The van der Waals surface area contributed by atoms with Crippen molar-refractivity contribution in [2.45, 2.75) is 59.2 Å². The summed E-state index contributed by atoms with van der Waals surface area (Å²) in [5.41, 5.74) is 2.79. The largest absolute Gasteiger partial charge is 0.456 e. The number of hydrogen-bond acceptors (Lipinski definition) is 8. The second kappa shape index (κ2) is 7.92. The van der Waals surface area contributed by atoms with Crippen LogP contribution in [0.3, 0.4) is 0 Å². The van der Waals surface area contributed by atoms with Gasteiger partial charge in [-0.2, -0.15) is 4.57 Å². The summed E-state index contributed by atoms with van der Waals surface area (Å²) in [6.45, 7) is 7.64. The smallest absolute Gasteiger partial charge is 0.305 e. The molecule has 8 nitrogen and oxygen atoms in total. The van der Waals surface area contributed by atoms with Gasteiger partial charge < -0.3 is 18.9 Å². The molecule has 0 radical (unpaired) electrons. The highest BCUT2D eigenvalue weighted by Gasteiger charge is 2.52. The number of hydrogen-bond donors (Lipinski definition) is 0. The van der Waals surface area contributed by atoms with E-state index in [1.54, 1.807) is 0 Å². The molecule has 0 aromatic carbocycles. The lowest BCUT2D eigenvalue weighted by atomic mass is 10.0. The molecule has 4 atom stereocenters. The molecule has 1 fully saturated rings.